The first-order valence-corrected chi connectivity index (χ1v) is 27.6. The zero-order chi connectivity index (χ0) is 51.8. The SMILES string of the molecule is CC/C=C\C/C=C\C/C=C\C/C=C\CCC(=O)OC1C(OCC(COC(=O)CCCCCCC/C=C\C/C=C\CCCCC)OC(=O)CCCCCCC/C=C\CCCCCC)OC(C(=O)O)C(O)C1O. The van der Waals surface area contributed by atoms with Gasteiger partial charge < -0.3 is 39.0 Å². The number of aliphatic hydroxyl groups is 2. The number of hydrogen-bond acceptors (Lipinski definition) is 11. The van der Waals surface area contributed by atoms with E-state index in [1.54, 1.807) is 0 Å². The zero-order valence-corrected chi connectivity index (χ0v) is 44.2. The Kier molecular flexibility index (Phi) is 42.9. The van der Waals surface area contributed by atoms with Crippen LogP contribution in [0.4, 0.5) is 0 Å². The molecule has 0 amide bonds. The van der Waals surface area contributed by atoms with E-state index in [0.717, 1.165) is 103 Å². The molecule has 0 bridgehead atoms. The van der Waals surface area contributed by atoms with E-state index < -0.39 is 67.3 Å². The number of allylic oxidation sites excluding steroid dienone is 14. The maximum atomic E-state index is 13.1. The lowest BCUT2D eigenvalue weighted by atomic mass is 9.98. The van der Waals surface area contributed by atoms with Gasteiger partial charge in [-0.2, -0.15) is 0 Å². The summed E-state index contributed by atoms with van der Waals surface area (Å²) in [6.07, 6.45) is 47.2. The number of carboxylic acid groups (broad SMARTS) is 1. The number of ether oxygens (including phenoxy) is 5. The molecule has 0 aromatic heterocycles. The van der Waals surface area contributed by atoms with E-state index in [-0.39, 0.29) is 25.9 Å². The van der Waals surface area contributed by atoms with Crippen LogP contribution in [0, 0.1) is 0 Å². The number of carbonyl (C=O) groups is 4. The Bertz CT molecular complexity index is 1560. The lowest BCUT2D eigenvalue weighted by Crippen LogP contribution is -2.61. The van der Waals surface area contributed by atoms with E-state index in [4.69, 9.17) is 23.7 Å². The topological polar surface area (TPSA) is 175 Å². The van der Waals surface area contributed by atoms with Crippen LogP contribution < -0.4 is 0 Å². The second-order valence-corrected chi connectivity index (χ2v) is 18.5. The summed E-state index contributed by atoms with van der Waals surface area (Å²) in [5.74, 6) is -3.26. The van der Waals surface area contributed by atoms with Crippen LogP contribution in [0.5, 0.6) is 0 Å². The summed E-state index contributed by atoms with van der Waals surface area (Å²) in [6, 6.07) is 0. The summed E-state index contributed by atoms with van der Waals surface area (Å²) in [7, 11) is 0. The standard InChI is InChI=1S/C59H96O12/c1-4-7-10-13-16-19-22-25-26-29-30-33-36-39-42-45-51(60)67-48-50(69-52(61)46-43-40-37-34-31-27-23-20-17-14-11-8-5-2)49-68-59-57(55(64)54(63)56(71-59)58(65)66)70-53(62)47-44-41-38-35-32-28-24-21-18-15-12-9-6-3/h9,12,16,18-21,23,25-26,28,32,38,41,50,54-57,59,63-64H,4-8,10-11,13-15,17,22,24,27,29-31,33-37,39-40,42-49H2,1-3H3,(H,65,66)/b12-9-,19-16-,21-18-,23-20-,26-25-,32-28-,41-38-. The Hall–Kier alpha value is -4.10. The Morgan fingerprint density at radius 1 is 0.479 bits per heavy atom. The molecule has 6 unspecified atom stereocenters. The smallest absolute Gasteiger partial charge is 0.335 e. The molecule has 1 rings (SSSR count). The molecule has 0 spiro atoms. The minimum absolute atomic E-state index is 0.0657. The van der Waals surface area contributed by atoms with Gasteiger partial charge in [-0.15, -0.1) is 0 Å². The third-order valence-corrected chi connectivity index (χ3v) is 11.9. The van der Waals surface area contributed by atoms with Gasteiger partial charge in [0.25, 0.3) is 0 Å². The van der Waals surface area contributed by atoms with Gasteiger partial charge in [-0.1, -0.05) is 176 Å². The number of esters is 3. The van der Waals surface area contributed by atoms with Gasteiger partial charge in [-0.25, -0.2) is 4.79 Å². The number of aliphatic carboxylic acids is 1. The summed E-state index contributed by atoms with van der Waals surface area (Å²) >= 11 is 0. The Morgan fingerprint density at radius 3 is 1.45 bits per heavy atom. The molecule has 0 aliphatic carbocycles. The van der Waals surface area contributed by atoms with Gasteiger partial charge in [-0.3, -0.25) is 14.4 Å². The minimum Gasteiger partial charge on any atom is -0.479 e. The fourth-order valence-corrected chi connectivity index (χ4v) is 7.70. The highest BCUT2D eigenvalue weighted by molar-refractivity contribution is 5.74. The van der Waals surface area contributed by atoms with E-state index in [1.165, 1.54) is 44.9 Å². The summed E-state index contributed by atoms with van der Waals surface area (Å²) in [5, 5.41) is 31.3. The molecule has 0 radical (unpaired) electrons. The van der Waals surface area contributed by atoms with E-state index >= 15 is 0 Å². The number of carbonyl (C=O) groups excluding carboxylic acids is 3. The van der Waals surface area contributed by atoms with Crippen molar-refractivity contribution >= 4 is 23.9 Å². The molecule has 12 heteroatoms. The van der Waals surface area contributed by atoms with Gasteiger partial charge in [0.1, 0.15) is 18.8 Å². The first-order valence-electron chi connectivity index (χ1n) is 27.6. The lowest BCUT2D eigenvalue weighted by molar-refractivity contribution is -0.301. The van der Waals surface area contributed by atoms with Crippen molar-refractivity contribution in [2.75, 3.05) is 13.2 Å². The Balaban J connectivity index is 2.77. The molecule has 1 saturated heterocycles. The fourth-order valence-electron chi connectivity index (χ4n) is 7.70. The molecule has 1 aliphatic rings. The number of hydrogen-bond donors (Lipinski definition) is 3. The molecule has 71 heavy (non-hydrogen) atoms. The molecular formula is C59H96O12. The highest BCUT2D eigenvalue weighted by atomic mass is 16.7. The average Bonchev–Trinajstić information content (AvgIpc) is 3.35. The van der Waals surface area contributed by atoms with Crippen molar-refractivity contribution in [3.05, 3.63) is 85.1 Å². The summed E-state index contributed by atoms with van der Waals surface area (Å²) in [4.78, 5) is 50.9. The Morgan fingerprint density at radius 2 is 0.915 bits per heavy atom. The fraction of sp³-hybridized carbons (Fsp3) is 0.695. The third kappa shape index (κ3) is 37.3. The molecule has 0 aromatic rings. The molecule has 3 N–H and O–H groups in total. The lowest BCUT2D eigenvalue weighted by Gasteiger charge is -2.40. The van der Waals surface area contributed by atoms with Gasteiger partial charge in [0.15, 0.2) is 24.6 Å². The zero-order valence-electron chi connectivity index (χ0n) is 44.2. The third-order valence-electron chi connectivity index (χ3n) is 11.9. The van der Waals surface area contributed by atoms with Crippen LogP contribution in [0.15, 0.2) is 85.1 Å². The maximum absolute atomic E-state index is 13.1. The van der Waals surface area contributed by atoms with Gasteiger partial charge in [0, 0.05) is 19.3 Å². The van der Waals surface area contributed by atoms with Crippen molar-refractivity contribution < 1.29 is 58.2 Å². The van der Waals surface area contributed by atoms with E-state index in [1.807, 2.05) is 18.2 Å². The minimum atomic E-state index is -1.93. The highest BCUT2D eigenvalue weighted by Crippen LogP contribution is 2.26. The molecule has 1 fully saturated rings. The molecule has 0 aromatic carbocycles. The molecule has 404 valence electrons. The monoisotopic (exact) mass is 997 g/mol. The van der Waals surface area contributed by atoms with Gasteiger partial charge in [0.2, 0.25) is 0 Å². The number of rotatable bonds is 45. The van der Waals surface area contributed by atoms with Crippen molar-refractivity contribution in [2.45, 2.75) is 250 Å². The second kappa shape index (κ2) is 46.9. The second-order valence-electron chi connectivity index (χ2n) is 18.5. The van der Waals surface area contributed by atoms with Gasteiger partial charge >= 0.3 is 23.9 Å². The van der Waals surface area contributed by atoms with Gasteiger partial charge in [0.05, 0.1) is 6.61 Å². The highest BCUT2D eigenvalue weighted by Gasteiger charge is 2.50. The van der Waals surface area contributed by atoms with Crippen LogP contribution in [0.25, 0.3) is 0 Å². The molecule has 0 saturated carbocycles. The van der Waals surface area contributed by atoms with Crippen molar-refractivity contribution in [3.8, 4) is 0 Å². The first kappa shape index (κ1) is 64.9. The molecular weight excluding hydrogens is 901 g/mol. The van der Waals surface area contributed by atoms with Gasteiger partial charge in [-0.05, 0) is 103 Å². The van der Waals surface area contributed by atoms with Crippen LogP contribution in [-0.4, -0.2) is 89.2 Å². The first-order chi connectivity index (χ1) is 34.6. The van der Waals surface area contributed by atoms with Crippen molar-refractivity contribution in [1.82, 2.24) is 0 Å². The predicted octanol–water partition coefficient (Wildman–Crippen LogP) is 13.6. The van der Waals surface area contributed by atoms with Crippen LogP contribution in [0.3, 0.4) is 0 Å². The van der Waals surface area contributed by atoms with Crippen LogP contribution >= 0.6 is 0 Å². The normalized spacial score (nSPS) is 19.1. The van der Waals surface area contributed by atoms with E-state index in [2.05, 4.69) is 87.6 Å². The molecule has 12 nitrogen and oxygen atoms in total. The number of carboxylic acids is 1. The quantitative estimate of drug-likeness (QED) is 0.0228. The Labute approximate surface area is 429 Å². The largest absolute Gasteiger partial charge is 0.479 e. The molecule has 1 aliphatic heterocycles. The summed E-state index contributed by atoms with van der Waals surface area (Å²) < 4.78 is 28.2. The molecule has 6 atom stereocenters. The predicted molar refractivity (Wildman–Crippen MR) is 284 cm³/mol. The number of aliphatic hydroxyl groups excluding tert-OH is 2. The number of unbranched alkanes of at least 4 members (excludes halogenated alkanes) is 17. The van der Waals surface area contributed by atoms with Crippen molar-refractivity contribution in [3.63, 3.8) is 0 Å². The van der Waals surface area contributed by atoms with Crippen LogP contribution in [0.2, 0.25) is 0 Å². The molecule has 1 heterocycles. The van der Waals surface area contributed by atoms with Crippen LogP contribution in [0.1, 0.15) is 213 Å². The van der Waals surface area contributed by atoms with E-state index in [0.29, 0.717) is 25.7 Å². The average molecular weight is 997 g/mol. The summed E-state index contributed by atoms with van der Waals surface area (Å²) in [6.45, 7) is 5.76. The van der Waals surface area contributed by atoms with E-state index in [9.17, 15) is 34.5 Å². The summed E-state index contributed by atoms with van der Waals surface area (Å²) in [5.41, 5.74) is 0. The van der Waals surface area contributed by atoms with Crippen molar-refractivity contribution in [2.24, 2.45) is 0 Å². The van der Waals surface area contributed by atoms with Crippen molar-refractivity contribution in [1.29, 1.82) is 0 Å². The van der Waals surface area contributed by atoms with Crippen LogP contribution in [-0.2, 0) is 42.9 Å². The maximum Gasteiger partial charge on any atom is 0.335 e.